The zero-order chi connectivity index (χ0) is 15.8. The summed E-state index contributed by atoms with van der Waals surface area (Å²) >= 11 is 0.899. The van der Waals surface area contributed by atoms with Crippen molar-refractivity contribution in [2.75, 3.05) is 0 Å². The zero-order valence-electron chi connectivity index (χ0n) is 11.8. The van der Waals surface area contributed by atoms with Gasteiger partial charge < -0.3 is 4.52 Å². The van der Waals surface area contributed by atoms with Crippen LogP contribution in [0.15, 0.2) is 58.0 Å². The Morgan fingerprint density at radius 3 is 2.65 bits per heavy atom. The molecule has 23 heavy (non-hydrogen) atoms. The Balaban J connectivity index is 1.80. The number of hydrogen-bond acceptors (Lipinski definition) is 5. The number of nitrogens with one attached hydrogen (secondary N) is 1. The van der Waals surface area contributed by atoms with Gasteiger partial charge in [0.05, 0.1) is 10.3 Å². The summed E-state index contributed by atoms with van der Waals surface area (Å²) in [4.78, 5) is 23.3. The van der Waals surface area contributed by atoms with Crippen molar-refractivity contribution in [3.8, 4) is 11.3 Å². The number of benzene rings is 2. The molecule has 0 atom stereocenters. The number of imide groups is 1. The Labute approximate surface area is 135 Å². The van der Waals surface area contributed by atoms with Gasteiger partial charge in [-0.15, -0.1) is 0 Å². The summed E-state index contributed by atoms with van der Waals surface area (Å²) in [5.41, 5.74) is 2.49. The minimum absolute atomic E-state index is 0.350. The first-order valence-electron chi connectivity index (χ1n) is 6.90. The number of thioether (sulfide) groups is 1. The molecule has 1 aliphatic rings. The molecule has 0 unspecified atom stereocenters. The first kappa shape index (κ1) is 13.8. The standard InChI is InChI=1S/C17H10N2O3S/c20-16-14(23-17(21)18-16)9-10-6-7-13-12(8-10)15(22-19-13)11-4-2-1-3-5-11/h1-9H,(H,18,20,21)/b14-9-. The molecule has 1 N–H and O–H groups in total. The van der Waals surface area contributed by atoms with Crippen LogP contribution in [0.1, 0.15) is 5.56 Å². The first-order valence-corrected chi connectivity index (χ1v) is 7.72. The average molecular weight is 322 g/mol. The Morgan fingerprint density at radius 1 is 1.09 bits per heavy atom. The van der Waals surface area contributed by atoms with Crippen molar-refractivity contribution in [3.05, 3.63) is 59.0 Å². The van der Waals surface area contributed by atoms with Crippen molar-refractivity contribution in [2.45, 2.75) is 0 Å². The van der Waals surface area contributed by atoms with Crippen LogP contribution in [0.4, 0.5) is 4.79 Å². The summed E-state index contributed by atoms with van der Waals surface area (Å²) < 4.78 is 5.45. The fourth-order valence-corrected chi connectivity index (χ4v) is 3.10. The van der Waals surface area contributed by atoms with Crippen LogP contribution < -0.4 is 5.32 Å². The van der Waals surface area contributed by atoms with E-state index < -0.39 is 0 Å². The molecule has 2 aromatic carbocycles. The number of hydrogen-bond donors (Lipinski definition) is 1. The molecule has 5 nitrogen and oxygen atoms in total. The Hall–Kier alpha value is -2.86. The summed E-state index contributed by atoms with van der Waals surface area (Å²) in [6, 6.07) is 15.3. The number of amides is 2. The number of fused-ring (bicyclic) bond motifs is 1. The number of carbonyl (C=O) groups is 2. The molecule has 1 fully saturated rings. The molecule has 0 saturated carbocycles. The van der Waals surface area contributed by atoms with E-state index in [-0.39, 0.29) is 11.1 Å². The number of aromatic nitrogens is 1. The highest BCUT2D eigenvalue weighted by Crippen LogP contribution is 2.31. The number of rotatable bonds is 2. The second-order valence-electron chi connectivity index (χ2n) is 5.01. The van der Waals surface area contributed by atoms with Crippen LogP contribution in [-0.4, -0.2) is 16.3 Å². The third kappa shape index (κ3) is 2.53. The maximum Gasteiger partial charge on any atom is 0.290 e. The topological polar surface area (TPSA) is 72.2 Å². The summed E-state index contributed by atoms with van der Waals surface area (Å²) in [7, 11) is 0. The van der Waals surface area contributed by atoms with Gasteiger partial charge in [0, 0.05) is 5.56 Å². The van der Waals surface area contributed by atoms with E-state index in [2.05, 4.69) is 10.5 Å². The third-order valence-corrected chi connectivity index (χ3v) is 4.29. The predicted octanol–water partition coefficient (Wildman–Crippen LogP) is 3.82. The Morgan fingerprint density at radius 2 is 1.91 bits per heavy atom. The lowest BCUT2D eigenvalue weighted by Gasteiger charge is -1.98. The van der Waals surface area contributed by atoms with E-state index in [1.807, 2.05) is 48.5 Å². The van der Waals surface area contributed by atoms with E-state index in [1.54, 1.807) is 6.08 Å². The van der Waals surface area contributed by atoms with E-state index >= 15 is 0 Å². The summed E-state index contributed by atoms with van der Waals surface area (Å²) in [6.45, 7) is 0. The molecule has 1 aromatic heterocycles. The smallest absolute Gasteiger partial charge is 0.290 e. The highest BCUT2D eigenvalue weighted by Gasteiger charge is 2.25. The molecule has 0 aliphatic carbocycles. The molecule has 3 aromatic rings. The SMILES string of the molecule is O=C1NC(=O)/C(=C/c2ccc3noc(-c4ccccc4)c3c2)S1. The number of carbonyl (C=O) groups excluding carboxylic acids is 2. The number of nitrogens with zero attached hydrogens (tertiary/aromatic N) is 1. The second kappa shape index (κ2) is 5.40. The molecular weight excluding hydrogens is 312 g/mol. The van der Waals surface area contributed by atoms with Crippen molar-refractivity contribution in [1.29, 1.82) is 0 Å². The van der Waals surface area contributed by atoms with Gasteiger partial charge in [-0.1, -0.05) is 41.6 Å². The van der Waals surface area contributed by atoms with Gasteiger partial charge in [-0.2, -0.15) is 0 Å². The molecule has 1 aliphatic heterocycles. The van der Waals surface area contributed by atoms with Crippen molar-refractivity contribution in [1.82, 2.24) is 10.5 Å². The molecular formula is C17H10N2O3S. The van der Waals surface area contributed by atoms with Gasteiger partial charge in [0.1, 0.15) is 5.52 Å². The molecule has 2 amide bonds. The van der Waals surface area contributed by atoms with Crippen molar-refractivity contribution < 1.29 is 14.1 Å². The quantitative estimate of drug-likeness (QED) is 0.726. The molecule has 0 radical (unpaired) electrons. The molecule has 4 rings (SSSR count). The van der Waals surface area contributed by atoms with Crippen LogP contribution in [0.5, 0.6) is 0 Å². The molecule has 6 heteroatoms. The highest BCUT2D eigenvalue weighted by molar-refractivity contribution is 8.18. The van der Waals surface area contributed by atoms with Crippen LogP contribution in [0.2, 0.25) is 0 Å². The second-order valence-corrected chi connectivity index (χ2v) is 6.02. The molecule has 2 heterocycles. The lowest BCUT2D eigenvalue weighted by atomic mass is 10.1. The molecule has 1 saturated heterocycles. The highest BCUT2D eigenvalue weighted by atomic mass is 32.2. The van der Waals surface area contributed by atoms with Crippen LogP contribution >= 0.6 is 11.8 Å². The minimum atomic E-state index is -0.367. The van der Waals surface area contributed by atoms with Gasteiger partial charge in [0.25, 0.3) is 11.1 Å². The summed E-state index contributed by atoms with van der Waals surface area (Å²) in [6.07, 6.45) is 1.69. The fraction of sp³-hybridized carbons (Fsp3) is 0. The Kier molecular flexibility index (Phi) is 3.24. The lowest BCUT2D eigenvalue weighted by molar-refractivity contribution is -0.115. The van der Waals surface area contributed by atoms with E-state index in [4.69, 9.17) is 4.52 Å². The van der Waals surface area contributed by atoms with Gasteiger partial charge in [0.2, 0.25) is 0 Å². The van der Waals surface area contributed by atoms with Gasteiger partial charge in [-0.25, -0.2) is 0 Å². The van der Waals surface area contributed by atoms with Gasteiger partial charge in [-0.05, 0) is 35.5 Å². The van der Waals surface area contributed by atoms with Crippen LogP contribution in [0.25, 0.3) is 28.3 Å². The third-order valence-electron chi connectivity index (χ3n) is 3.48. The Bertz CT molecular complexity index is 960. The fourth-order valence-electron chi connectivity index (χ4n) is 2.42. The van der Waals surface area contributed by atoms with Crippen molar-refractivity contribution >= 4 is 39.9 Å². The van der Waals surface area contributed by atoms with E-state index in [1.165, 1.54) is 0 Å². The van der Waals surface area contributed by atoms with Crippen LogP contribution in [0.3, 0.4) is 0 Å². The average Bonchev–Trinajstić information content (AvgIpc) is 3.11. The van der Waals surface area contributed by atoms with Crippen molar-refractivity contribution in [3.63, 3.8) is 0 Å². The van der Waals surface area contributed by atoms with Crippen molar-refractivity contribution in [2.24, 2.45) is 0 Å². The molecule has 0 spiro atoms. The monoisotopic (exact) mass is 322 g/mol. The molecule has 0 bridgehead atoms. The van der Waals surface area contributed by atoms with Gasteiger partial charge >= 0.3 is 0 Å². The maximum atomic E-state index is 11.6. The largest absolute Gasteiger partial charge is 0.355 e. The van der Waals surface area contributed by atoms with E-state index in [0.717, 1.165) is 33.8 Å². The van der Waals surface area contributed by atoms with Gasteiger partial charge in [0.15, 0.2) is 5.76 Å². The van der Waals surface area contributed by atoms with Crippen LogP contribution in [-0.2, 0) is 4.79 Å². The normalized spacial score (nSPS) is 16.3. The zero-order valence-corrected chi connectivity index (χ0v) is 12.6. The van der Waals surface area contributed by atoms with Gasteiger partial charge in [-0.3, -0.25) is 14.9 Å². The first-order chi connectivity index (χ1) is 11.2. The summed E-state index contributed by atoms with van der Waals surface area (Å²) in [5, 5.41) is 6.81. The predicted molar refractivity (Wildman–Crippen MR) is 88.6 cm³/mol. The van der Waals surface area contributed by atoms with Crippen LogP contribution in [0, 0.1) is 0 Å². The molecule has 112 valence electrons. The van der Waals surface area contributed by atoms with E-state index in [9.17, 15) is 9.59 Å². The maximum absolute atomic E-state index is 11.6. The lowest BCUT2D eigenvalue weighted by Crippen LogP contribution is -2.17. The minimum Gasteiger partial charge on any atom is -0.355 e. The summed E-state index contributed by atoms with van der Waals surface area (Å²) in [5.74, 6) is 0.314. The van der Waals surface area contributed by atoms with E-state index in [0.29, 0.717) is 10.7 Å².